The summed E-state index contributed by atoms with van der Waals surface area (Å²) >= 11 is 4.89. The van der Waals surface area contributed by atoms with Gasteiger partial charge in [-0.2, -0.15) is 0 Å². The summed E-state index contributed by atoms with van der Waals surface area (Å²) in [4.78, 5) is 15.2. The first-order valence-corrected chi connectivity index (χ1v) is 8.41. The molecule has 0 unspecified atom stereocenters. The summed E-state index contributed by atoms with van der Waals surface area (Å²) in [7, 11) is 4.25. The zero-order valence-electron chi connectivity index (χ0n) is 11.5. The molecular weight excluding hydrogens is 324 g/mol. The van der Waals surface area contributed by atoms with E-state index >= 15 is 0 Å². The van der Waals surface area contributed by atoms with E-state index in [1.165, 1.54) is 43.4 Å². The van der Waals surface area contributed by atoms with Gasteiger partial charge in [-0.15, -0.1) is 11.3 Å². The van der Waals surface area contributed by atoms with Crippen molar-refractivity contribution in [2.45, 2.75) is 37.6 Å². The van der Waals surface area contributed by atoms with E-state index in [9.17, 15) is 4.79 Å². The lowest BCUT2D eigenvalue weighted by molar-refractivity contribution is 0.0802. The van der Waals surface area contributed by atoms with E-state index < -0.39 is 0 Å². The second kappa shape index (κ2) is 6.37. The van der Waals surface area contributed by atoms with Gasteiger partial charge in [0, 0.05) is 16.6 Å². The molecule has 0 saturated heterocycles. The second-order valence-corrected chi connectivity index (χ2v) is 7.23. The molecule has 0 aliphatic heterocycles. The summed E-state index contributed by atoms with van der Waals surface area (Å²) in [6.45, 7) is 0.739. The van der Waals surface area contributed by atoms with E-state index in [2.05, 4.69) is 40.2 Å². The minimum atomic E-state index is 0.0358. The van der Waals surface area contributed by atoms with Crippen LogP contribution in [0.1, 0.15) is 41.8 Å². The van der Waals surface area contributed by atoms with Gasteiger partial charge < -0.3 is 10.2 Å². The smallest absolute Gasteiger partial charge is 0.262 e. The Bertz CT molecular complexity index is 438. The van der Waals surface area contributed by atoms with Gasteiger partial charge in [0.05, 0.1) is 0 Å². The lowest BCUT2D eigenvalue weighted by atomic mass is 9.80. The molecule has 1 heterocycles. The first-order valence-electron chi connectivity index (χ1n) is 6.74. The lowest BCUT2D eigenvalue weighted by Crippen LogP contribution is -2.53. The number of likely N-dealkylation sites (N-methyl/N-ethyl adjacent to an activating group) is 1. The molecule has 0 spiro atoms. The normalized spacial score (nSPS) is 18.5. The fourth-order valence-electron chi connectivity index (χ4n) is 2.77. The highest BCUT2D eigenvalue weighted by atomic mass is 79.9. The highest BCUT2D eigenvalue weighted by Gasteiger charge is 2.34. The highest BCUT2D eigenvalue weighted by Crippen LogP contribution is 2.32. The standard InChI is InChI=1S/C14H21BrN2OS/c1-17(2)14(7-4-3-5-8-14)10-16-13(18)12-11(15)6-9-19-12/h6,9H,3-5,7-8,10H2,1-2H3,(H,16,18). The predicted octanol–water partition coefficient (Wildman–Crippen LogP) is 3.50. The predicted molar refractivity (Wildman–Crippen MR) is 83.9 cm³/mol. The lowest BCUT2D eigenvalue weighted by Gasteiger charge is -2.43. The van der Waals surface area contributed by atoms with Gasteiger partial charge in [-0.1, -0.05) is 19.3 Å². The average molecular weight is 345 g/mol. The van der Waals surface area contributed by atoms with Crippen LogP contribution in [-0.2, 0) is 0 Å². The van der Waals surface area contributed by atoms with Crippen LogP contribution in [0.4, 0.5) is 0 Å². The maximum atomic E-state index is 12.2. The Morgan fingerprint density at radius 3 is 2.63 bits per heavy atom. The maximum Gasteiger partial charge on any atom is 0.262 e. The van der Waals surface area contributed by atoms with Crippen molar-refractivity contribution in [2.24, 2.45) is 0 Å². The van der Waals surface area contributed by atoms with Gasteiger partial charge in [-0.3, -0.25) is 4.79 Å². The number of carbonyl (C=O) groups excluding carboxylic acids is 1. The van der Waals surface area contributed by atoms with Gasteiger partial charge >= 0.3 is 0 Å². The van der Waals surface area contributed by atoms with Crippen LogP contribution >= 0.6 is 27.3 Å². The fourth-order valence-corrected chi connectivity index (χ4v) is 4.24. The fraction of sp³-hybridized carbons (Fsp3) is 0.643. The molecule has 19 heavy (non-hydrogen) atoms. The molecular formula is C14H21BrN2OS. The highest BCUT2D eigenvalue weighted by molar-refractivity contribution is 9.10. The first kappa shape index (κ1) is 15.0. The molecule has 1 saturated carbocycles. The van der Waals surface area contributed by atoms with Crippen molar-refractivity contribution in [1.29, 1.82) is 0 Å². The minimum absolute atomic E-state index is 0.0358. The van der Waals surface area contributed by atoms with Crippen molar-refractivity contribution < 1.29 is 4.79 Å². The first-order chi connectivity index (χ1) is 9.05. The van der Waals surface area contributed by atoms with E-state index in [1.807, 2.05) is 11.4 Å². The summed E-state index contributed by atoms with van der Waals surface area (Å²) < 4.78 is 0.887. The molecule has 1 N–H and O–H groups in total. The number of hydrogen-bond acceptors (Lipinski definition) is 3. The Labute approximate surface area is 127 Å². The number of rotatable bonds is 4. The van der Waals surface area contributed by atoms with Crippen LogP contribution < -0.4 is 5.32 Å². The molecule has 0 bridgehead atoms. The number of hydrogen-bond donors (Lipinski definition) is 1. The number of nitrogens with zero attached hydrogens (tertiary/aromatic N) is 1. The monoisotopic (exact) mass is 344 g/mol. The third-order valence-corrected chi connectivity index (χ3v) is 5.97. The summed E-state index contributed by atoms with van der Waals surface area (Å²) in [5.74, 6) is 0.0358. The van der Waals surface area contributed by atoms with E-state index in [-0.39, 0.29) is 11.4 Å². The van der Waals surface area contributed by atoms with Crippen LogP contribution in [0.5, 0.6) is 0 Å². The van der Waals surface area contributed by atoms with Crippen molar-refractivity contribution in [3.05, 3.63) is 20.8 Å². The van der Waals surface area contributed by atoms with E-state index in [0.29, 0.717) is 0 Å². The van der Waals surface area contributed by atoms with Crippen molar-refractivity contribution in [3.8, 4) is 0 Å². The molecule has 1 aliphatic carbocycles. The van der Waals surface area contributed by atoms with Gasteiger partial charge in [-0.05, 0) is 54.3 Å². The van der Waals surface area contributed by atoms with E-state index in [0.717, 1.165) is 15.9 Å². The SMILES string of the molecule is CN(C)C1(CNC(=O)c2sccc2Br)CCCCC1. The Morgan fingerprint density at radius 2 is 2.11 bits per heavy atom. The zero-order chi connectivity index (χ0) is 13.9. The average Bonchev–Trinajstić information content (AvgIpc) is 2.83. The number of halogens is 1. The van der Waals surface area contributed by atoms with Crippen LogP contribution in [0.15, 0.2) is 15.9 Å². The van der Waals surface area contributed by atoms with Gasteiger partial charge in [-0.25, -0.2) is 0 Å². The van der Waals surface area contributed by atoms with Crippen LogP contribution in [0.25, 0.3) is 0 Å². The molecule has 1 aromatic heterocycles. The maximum absolute atomic E-state index is 12.2. The zero-order valence-corrected chi connectivity index (χ0v) is 13.9. The molecule has 3 nitrogen and oxygen atoms in total. The molecule has 1 fully saturated rings. The molecule has 1 amide bonds. The molecule has 0 radical (unpaired) electrons. The van der Waals surface area contributed by atoms with Crippen molar-refractivity contribution in [1.82, 2.24) is 10.2 Å². The van der Waals surface area contributed by atoms with E-state index in [4.69, 9.17) is 0 Å². The van der Waals surface area contributed by atoms with Crippen molar-refractivity contribution in [2.75, 3.05) is 20.6 Å². The largest absolute Gasteiger partial charge is 0.349 e. The quantitative estimate of drug-likeness (QED) is 0.906. The van der Waals surface area contributed by atoms with Crippen LogP contribution in [0.3, 0.4) is 0 Å². The third kappa shape index (κ3) is 3.38. The van der Waals surface area contributed by atoms with Crippen molar-refractivity contribution in [3.63, 3.8) is 0 Å². The molecule has 0 aromatic carbocycles. The molecule has 2 rings (SSSR count). The molecule has 106 valence electrons. The Morgan fingerprint density at radius 1 is 1.42 bits per heavy atom. The molecule has 5 heteroatoms. The van der Waals surface area contributed by atoms with E-state index in [1.54, 1.807) is 0 Å². The van der Waals surface area contributed by atoms with Gasteiger partial charge in [0.2, 0.25) is 0 Å². The molecule has 0 atom stereocenters. The number of nitrogens with one attached hydrogen (secondary N) is 1. The minimum Gasteiger partial charge on any atom is -0.349 e. The number of amides is 1. The Kier molecular flexibility index (Phi) is 5.03. The summed E-state index contributed by atoms with van der Waals surface area (Å²) in [6.07, 6.45) is 6.19. The van der Waals surface area contributed by atoms with Gasteiger partial charge in [0.1, 0.15) is 4.88 Å². The van der Waals surface area contributed by atoms with Crippen molar-refractivity contribution >= 4 is 33.2 Å². The van der Waals surface area contributed by atoms with Gasteiger partial charge in [0.25, 0.3) is 5.91 Å². The van der Waals surface area contributed by atoms with Crippen LogP contribution in [0, 0.1) is 0 Å². The summed E-state index contributed by atoms with van der Waals surface area (Å²) in [5.41, 5.74) is 0.137. The third-order valence-electron chi connectivity index (χ3n) is 4.13. The Hall–Kier alpha value is -0.390. The second-order valence-electron chi connectivity index (χ2n) is 5.46. The topological polar surface area (TPSA) is 32.3 Å². The molecule has 1 aliphatic rings. The number of thiophene rings is 1. The summed E-state index contributed by atoms with van der Waals surface area (Å²) in [6, 6.07) is 1.92. The number of carbonyl (C=O) groups is 1. The van der Waals surface area contributed by atoms with Crippen LogP contribution in [0.2, 0.25) is 0 Å². The molecule has 1 aromatic rings. The van der Waals surface area contributed by atoms with Gasteiger partial charge in [0.15, 0.2) is 0 Å². The Balaban J connectivity index is 1.99. The van der Waals surface area contributed by atoms with Crippen LogP contribution in [-0.4, -0.2) is 37.0 Å². The summed E-state index contributed by atoms with van der Waals surface area (Å²) in [5, 5.41) is 5.05.